The lowest BCUT2D eigenvalue weighted by atomic mass is 9.88. The third-order valence-corrected chi connectivity index (χ3v) is 3.82. The van der Waals surface area contributed by atoms with E-state index in [2.05, 4.69) is 0 Å². The van der Waals surface area contributed by atoms with Crippen molar-refractivity contribution < 1.29 is 22.4 Å². The molecule has 0 aromatic heterocycles. The van der Waals surface area contributed by atoms with Gasteiger partial charge in [-0.25, -0.2) is 4.39 Å². The summed E-state index contributed by atoms with van der Waals surface area (Å²) >= 11 is 0. The van der Waals surface area contributed by atoms with Gasteiger partial charge >= 0.3 is 6.18 Å². The maximum Gasteiger partial charge on any atom is 0.416 e. The van der Waals surface area contributed by atoms with Crippen molar-refractivity contribution in [1.82, 2.24) is 0 Å². The van der Waals surface area contributed by atoms with Crippen molar-refractivity contribution in [2.45, 2.75) is 18.3 Å². The maximum atomic E-state index is 13.9. The zero-order chi connectivity index (χ0) is 16.8. The van der Waals surface area contributed by atoms with E-state index < -0.39 is 35.5 Å². The SMILES string of the molecule is N[C@H]1C(=O)N(c2cccc(C(F)(F)F)c2)[C@H]1c1ccccc1F. The van der Waals surface area contributed by atoms with Crippen LogP contribution in [0.5, 0.6) is 0 Å². The summed E-state index contributed by atoms with van der Waals surface area (Å²) in [5.74, 6) is -1.10. The van der Waals surface area contributed by atoms with E-state index in [9.17, 15) is 22.4 Å². The van der Waals surface area contributed by atoms with Gasteiger partial charge in [-0.1, -0.05) is 24.3 Å². The highest BCUT2D eigenvalue weighted by molar-refractivity contribution is 6.05. The van der Waals surface area contributed by atoms with Gasteiger partial charge in [0.15, 0.2) is 0 Å². The van der Waals surface area contributed by atoms with Gasteiger partial charge in [-0.2, -0.15) is 13.2 Å². The largest absolute Gasteiger partial charge is 0.416 e. The number of β-lactam (4-membered cyclic amide) rings is 1. The minimum absolute atomic E-state index is 0.0415. The number of alkyl halides is 3. The maximum absolute atomic E-state index is 13.9. The molecule has 7 heteroatoms. The Morgan fingerprint density at radius 2 is 1.74 bits per heavy atom. The zero-order valence-electron chi connectivity index (χ0n) is 11.7. The first-order chi connectivity index (χ1) is 10.8. The standard InChI is InChI=1S/C16H12F4N2O/c17-12-7-2-1-6-11(12)14-13(21)15(23)22(14)10-5-3-4-9(8-10)16(18,19)20/h1-8,13-14H,21H2/t13-,14+/m1/s1. The van der Waals surface area contributed by atoms with E-state index in [4.69, 9.17) is 5.73 Å². The molecule has 0 saturated carbocycles. The van der Waals surface area contributed by atoms with Crippen LogP contribution in [0.15, 0.2) is 48.5 Å². The fourth-order valence-electron chi connectivity index (χ4n) is 2.68. The highest BCUT2D eigenvalue weighted by Crippen LogP contribution is 2.40. The van der Waals surface area contributed by atoms with Gasteiger partial charge in [0.25, 0.3) is 0 Å². The lowest BCUT2D eigenvalue weighted by Crippen LogP contribution is -2.63. The van der Waals surface area contributed by atoms with Crippen LogP contribution in [0.1, 0.15) is 17.2 Å². The Balaban J connectivity index is 2.02. The normalized spacial score (nSPS) is 21.3. The molecule has 120 valence electrons. The van der Waals surface area contributed by atoms with E-state index in [1.807, 2.05) is 0 Å². The predicted molar refractivity (Wildman–Crippen MR) is 76.0 cm³/mol. The molecular weight excluding hydrogens is 312 g/mol. The summed E-state index contributed by atoms with van der Waals surface area (Å²) in [4.78, 5) is 13.1. The van der Waals surface area contributed by atoms with Gasteiger partial charge in [0.2, 0.25) is 5.91 Å². The van der Waals surface area contributed by atoms with Gasteiger partial charge in [-0.05, 0) is 24.3 Å². The molecule has 1 heterocycles. The Hall–Kier alpha value is -2.41. The van der Waals surface area contributed by atoms with Crippen LogP contribution in [-0.2, 0) is 11.0 Å². The smallest absolute Gasteiger partial charge is 0.318 e. The van der Waals surface area contributed by atoms with Crippen LogP contribution in [0, 0.1) is 5.82 Å². The minimum atomic E-state index is -4.53. The molecule has 0 aliphatic carbocycles. The van der Waals surface area contributed by atoms with Crippen LogP contribution >= 0.6 is 0 Å². The van der Waals surface area contributed by atoms with E-state index in [0.29, 0.717) is 0 Å². The van der Waals surface area contributed by atoms with Crippen molar-refractivity contribution in [2.75, 3.05) is 4.90 Å². The number of carbonyl (C=O) groups excluding carboxylic acids is 1. The summed E-state index contributed by atoms with van der Waals surface area (Å²) in [6.45, 7) is 0. The molecule has 0 spiro atoms. The Labute approximate surface area is 129 Å². The fraction of sp³-hybridized carbons (Fsp3) is 0.188. The number of nitrogens with two attached hydrogens (primary N) is 1. The van der Waals surface area contributed by atoms with Crippen LogP contribution in [0.4, 0.5) is 23.2 Å². The van der Waals surface area contributed by atoms with E-state index in [0.717, 1.165) is 17.0 Å². The number of hydrogen-bond acceptors (Lipinski definition) is 2. The van der Waals surface area contributed by atoms with Crippen LogP contribution in [0.25, 0.3) is 0 Å². The van der Waals surface area contributed by atoms with E-state index in [-0.39, 0.29) is 11.3 Å². The highest BCUT2D eigenvalue weighted by atomic mass is 19.4. The van der Waals surface area contributed by atoms with Crippen molar-refractivity contribution in [3.63, 3.8) is 0 Å². The topological polar surface area (TPSA) is 46.3 Å². The van der Waals surface area contributed by atoms with Crippen molar-refractivity contribution in [3.05, 3.63) is 65.5 Å². The molecule has 0 bridgehead atoms. The van der Waals surface area contributed by atoms with Crippen LogP contribution in [-0.4, -0.2) is 11.9 Å². The van der Waals surface area contributed by atoms with Gasteiger partial charge in [-0.15, -0.1) is 0 Å². The lowest BCUT2D eigenvalue weighted by molar-refractivity contribution is -0.137. The summed E-state index contributed by atoms with van der Waals surface area (Å²) < 4.78 is 52.4. The molecule has 2 atom stereocenters. The average molecular weight is 324 g/mol. The Morgan fingerprint density at radius 3 is 2.39 bits per heavy atom. The van der Waals surface area contributed by atoms with Crippen LogP contribution in [0.3, 0.4) is 0 Å². The number of amides is 1. The van der Waals surface area contributed by atoms with Gasteiger partial charge in [-0.3, -0.25) is 4.79 Å². The van der Waals surface area contributed by atoms with E-state index >= 15 is 0 Å². The molecule has 1 aliphatic rings. The van der Waals surface area contributed by atoms with Gasteiger partial charge < -0.3 is 10.6 Å². The summed E-state index contributed by atoms with van der Waals surface area (Å²) in [5.41, 5.74) is 5.08. The number of halogens is 4. The summed E-state index contributed by atoms with van der Waals surface area (Å²) in [6, 6.07) is 8.28. The monoisotopic (exact) mass is 324 g/mol. The molecular formula is C16H12F4N2O. The molecule has 0 radical (unpaired) electrons. The number of rotatable bonds is 2. The molecule has 23 heavy (non-hydrogen) atoms. The third-order valence-electron chi connectivity index (χ3n) is 3.82. The second-order valence-electron chi connectivity index (χ2n) is 5.25. The molecule has 2 N–H and O–H groups in total. The first-order valence-corrected chi connectivity index (χ1v) is 6.81. The Kier molecular flexibility index (Phi) is 3.60. The first-order valence-electron chi connectivity index (χ1n) is 6.81. The molecule has 2 aromatic rings. The fourth-order valence-corrected chi connectivity index (χ4v) is 2.68. The number of hydrogen-bond donors (Lipinski definition) is 1. The molecule has 0 unspecified atom stereocenters. The van der Waals surface area contributed by atoms with Crippen molar-refractivity contribution in [3.8, 4) is 0 Å². The molecule has 1 fully saturated rings. The van der Waals surface area contributed by atoms with Crippen molar-refractivity contribution in [1.29, 1.82) is 0 Å². The summed E-state index contributed by atoms with van der Waals surface area (Å²) in [7, 11) is 0. The molecule has 1 aliphatic heterocycles. The second kappa shape index (κ2) is 5.34. The Bertz CT molecular complexity index is 760. The molecule has 2 aromatic carbocycles. The third kappa shape index (κ3) is 2.57. The van der Waals surface area contributed by atoms with Gasteiger partial charge in [0.05, 0.1) is 11.6 Å². The summed E-state index contributed by atoms with van der Waals surface area (Å²) in [6.07, 6.45) is -4.53. The molecule has 3 rings (SSSR count). The molecule has 1 amide bonds. The number of nitrogens with zero attached hydrogens (tertiary/aromatic N) is 1. The van der Waals surface area contributed by atoms with Gasteiger partial charge in [0.1, 0.15) is 11.9 Å². The van der Waals surface area contributed by atoms with Crippen molar-refractivity contribution >= 4 is 11.6 Å². The van der Waals surface area contributed by atoms with E-state index in [1.54, 1.807) is 6.07 Å². The summed E-state index contributed by atoms with van der Waals surface area (Å²) in [5, 5.41) is 0. The quantitative estimate of drug-likeness (QED) is 0.681. The molecule has 3 nitrogen and oxygen atoms in total. The number of anilines is 1. The minimum Gasteiger partial charge on any atom is -0.318 e. The predicted octanol–water partition coefficient (Wildman–Crippen LogP) is 3.26. The molecule has 1 saturated heterocycles. The highest BCUT2D eigenvalue weighted by Gasteiger charge is 2.48. The average Bonchev–Trinajstić information content (AvgIpc) is 2.52. The van der Waals surface area contributed by atoms with Gasteiger partial charge in [0, 0.05) is 11.3 Å². The Morgan fingerprint density at radius 1 is 1.04 bits per heavy atom. The zero-order valence-corrected chi connectivity index (χ0v) is 11.7. The van der Waals surface area contributed by atoms with E-state index in [1.165, 1.54) is 30.3 Å². The number of carbonyl (C=O) groups is 1. The second-order valence-corrected chi connectivity index (χ2v) is 5.25. The van der Waals surface area contributed by atoms with Crippen LogP contribution < -0.4 is 10.6 Å². The van der Waals surface area contributed by atoms with Crippen molar-refractivity contribution in [2.24, 2.45) is 5.73 Å². The van der Waals surface area contributed by atoms with Crippen LogP contribution in [0.2, 0.25) is 0 Å². The first kappa shape index (κ1) is 15.5. The lowest BCUT2D eigenvalue weighted by Gasteiger charge is -2.45. The number of benzene rings is 2.